The Balaban J connectivity index is 3.90. The Morgan fingerprint density at radius 3 is 1.20 bits per heavy atom. The fourth-order valence-corrected chi connectivity index (χ4v) is 6.37. The van der Waals surface area contributed by atoms with Crippen molar-refractivity contribution >= 4 is 19.8 Å². The molecule has 1 atom stereocenters. The molecule has 0 saturated carbocycles. The Morgan fingerprint density at radius 1 is 0.490 bits per heavy atom. The molecule has 9 heteroatoms. The average Bonchev–Trinajstić information content (AvgIpc) is 3.10. The van der Waals surface area contributed by atoms with Gasteiger partial charge in [0.25, 0.3) is 0 Å². The third-order valence-corrected chi connectivity index (χ3v) is 9.68. The van der Waals surface area contributed by atoms with Gasteiger partial charge in [-0.3, -0.25) is 14.1 Å². The number of esters is 2. The maximum Gasteiger partial charge on any atom is 0.469 e. The number of rotatable bonds is 39. The summed E-state index contributed by atoms with van der Waals surface area (Å²) in [5.41, 5.74) is 0. The third kappa shape index (κ3) is 41.2. The molecule has 0 spiro atoms. The second-order valence-electron chi connectivity index (χ2n) is 14.3. The molecule has 0 radical (unpaired) electrons. The lowest BCUT2D eigenvalue weighted by Gasteiger charge is -2.18. The fraction of sp³-hybridized carbons (Fsp3) is 0.857. The number of allylic oxidation sites excluding steroid dienone is 4. The smallest absolute Gasteiger partial charge is 0.462 e. The summed E-state index contributed by atoms with van der Waals surface area (Å²) in [6.07, 6.45) is 43.3. The van der Waals surface area contributed by atoms with Crippen molar-refractivity contribution in [3.05, 3.63) is 24.3 Å². The van der Waals surface area contributed by atoms with Gasteiger partial charge in [-0.2, -0.15) is 0 Å². The van der Waals surface area contributed by atoms with Gasteiger partial charge in [0.15, 0.2) is 6.10 Å². The molecule has 0 aliphatic heterocycles. The SMILES string of the molecule is CCCCCCC/C=C\CCCCCCCC(=O)O[C@H](COC(=O)CCCCCCCCC/C=C\CCCCCCCCCC)COP(=O)(O)O. The first kappa shape index (κ1) is 49.5. The molecule has 0 heterocycles. The Hall–Kier alpha value is -1.47. The van der Waals surface area contributed by atoms with E-state index in [2.05, 4.69) is 42.7 Å². The number of phosphoric ester groups is 1. The van der Waals surface area contributed by atoms with Crippen molar-refractivity contribution in [2.75, 3.05) is 13.2 Å². The minimum absolute atomic E-state index is 0.203. The van der Waals surface area contributed by atoms with E-state index in [9.17, 15) is 14.2 Å². The molecule has 51 heavy (non-hydrogen) atoms. The number of hydrogen-bond donors (Lipinski definition) is 2. The van der Waals surface area contributed by atoms with Crippen molar-refractivity contribution in [2.45, 2.75) is 219 Å². The Morgan fingerprint density at radius 2 is 0.824 bits per heavy atom. The lowest BCUT2D eigenvalue weighted by molar-refractivity contribution is -0.161. The highest BCUT2D eigenvalue weighted by Crippen LogP contribution is 2.36. The van der Waals surface area contributed by atoms with E-state index in [1.165, 1.54) is 116 Å². The molecule has 0 aromatic rings. The average molecular weight is 743 g/mol. The standard InChI is InChI=1S/C42H79O8P/c1-3-5-7-9-11-13-15-17-19-20-21-22-23-25-26-28-30-32-34-36-41(43)48-38-40(39-49-51(45,46)47)50-42(44)37-35-33-31-29-27-24-18-16-14-12-10-8-6-4-2/h16,18,20-21,40H,3-15,17,19,22-39H2,1-2H3,(H2,45,46,47)/b18-16-,21-20-/t40-/m1/s1. The number of carbonyl (C=O) groups is 2. The van der Waals surface area contributed by atoms with Gasteiger partial charge in [-0.1, -0.05) is 160 Å². The van der Waals surface area contributed by atoms with Crippen LogP contribution in [0.1, 0.15) is 213 Å². The van der Waals surface area contributed by atoms with Crippen LogP contribution in [0.3, 0.4) is 0 Å². The molecule has 0 aromatic carbocycles. The molecule has 8 nitrogen and oxygen atoms in total. The maximum absolute atomic E-state index is 12.4. The van der Waals surface area contributed by atoms with Crippen LogP contribution in [0.2, 0.25) is 0 Å². The second-order valence-corrected chi connectivity index (χ2v) is 15.5. The van der Waals surface area contributed by atoms with Crippen LogP contribution in [0, 0.1) is 0 Å². The predicted octanol–water partition coefficient (Wildman–Crippen LogP) is 12.8. The van der Waals surface area contributed by atoms with Crippen LogP contribution in [-0.2, 0) is 28.2 Å². The maximum atomic E-state index is 12.4. The van der Waals surface area contributed by atoms with E-state index >= 15 is 0 Å². The molecule has 0 unspecified atom stereocenters. The molecule has 0 amide bonds. The second kappa shape index (κ2) is 38.3. The van der Waals surface area contributed by atoms with Crippen LogP contribution in [0.15, 0.2) is 24.3 Å². The Bertz CT molecular complexity index is 884. The van der Waals surface area contributed by atoms with Gasteiger partial charge in [-0.25, -0.2) is 4.57 Å². The highest BCUT2D eigenvalue weighted by atomic mass is 31.2. The lowest BCUT2D eigenvalue weighted by Crippen LogP contribution is -2.29. The summed E-state index contributed by atoms with van der Waals surface area (Å²) >= 11 is 0. The van der Waals surface area contributed by atoms with Crippen LogP contribution >= 0.6 is 7.82 Å². The normalized spacial score (nSPS) is 12.6. The molecule has 0 aliphatic rings. The van der Waals surface area contributed by atoms with Gasteiger partial charge >= 0.3 is 19.8 Å². The molecule has 0 saturated heterocycles. The lowest BCUT2D eigenvalue weighted by atomic mass is 10.1. The van der Waals surface area contributed by atoms with Crippen molar-refractivity contribution in [2.24, 2.45) is 0 Å². The molecule has 0 rings (SSSR count). The third-order valence-electron chi connectivity index (χ3n) is 9.19. The van der Waals surface area contributed by atoms with Crippen molar-refractivity contribution in [3.63, 3.8) is 0 Å². The molecule has 300 valence electrons. The molecule has 2 N–H and O–H groups in total. The summed E-state index contributed by atoms with van der Waals surface area (Å²) in [6, 6.07) is 0. The minimum atomic E-state index is -4.75. The Kier molecular flexibility index (Phi) is 37.2. The van der Waals surface area contributed by atoms with E-state index in [1.807, 2.05) is 0 Å². The molecule has 0 aromatic heterocycles. The van der Waals surface area contributed by atoms with Crippen LogP contribution < -0.4 is 0 Å². The van der Waals surface area contributed by atoms with Gasteiger partial charge in [0.05, 0.1) is 6.61 Å². The number of hydrogen-bond acceptors (Lipinski definition) is 6. The quantitative estimate of drug-likeness (QED) is 0.0276. The summed E-state index contributed by atoms with van der Waals surface area (Å²) in [5, 5.41) is 0. The van der Waals surface area contributed by atoms with Gasteiger partial charge in [0.2, 0.25) is 0 Å². The van der Waals surface area contributed by atoms with E-state index in [0.29, 0.717) is 6.42 Å². The topological polar surface area (TPSA) is 119 Å². The van der Waals surface area contributed by atoms with Crippen molar-refractivity contribution < 1.29 is 37.9 Å². The molecular formula is C42H79O8P. The highest BCUT2D eigenvalue weighted by Gasteiger charge is 2.22. The van der Waals surface area contributed by atoms with E-state index in [0.717, 1.165) is 64.2 Å². The van der Waals surface area contributed by atoms with Gasteiger partial charge in [0.1, 0.15) is 6.61 Å². The van der Waals surface area contributed by atoms with Crippen molar-refractivity contribution in [1.29, 1.82) is 0 Å². The van der Waals surface area contributed by atoms with Gasteiger partial charge in [0, 0.05) is 12.8 Å². The number of ether oxygens (including phenoxy) is 2. The summed E-state index contributed by atoms with van der Waals surface area (Å²) in [4.78, 5) is 42.8. The monoisotopic (exact) mass is 743 g/mol. The van der Waals surface area contributed by atoms with Crippen molar-refractivity contribution in [1.82, 2.24) is 0 Å². The summed E-state index contributed by atoms with van der Waals surface area (Å²) < 4.78 is 26.4. The van der Waals surface area contributed by atoms with Crippen LogP contribution in [0.5, 0.6) is 0 Å². The first-order valence-electron chi connectivity index (χ1n) is 21.1. The summed E-state index contributed by atoms with van der Waals surface area (Å²) in [7, 11) is -4.75. The zero-order valence-electron chi connectivity index (χ0n) is 33.0. The number of carbonyl (C=O) groups excluding carboxylic acids is 2. The largest absolute Gasteiger partial charge is 0.469 e. The predicted molar refractivity (Wildman–Crippen MR) is 212 cm³/mol. The van der Waals surface area contributed by atoms with E-state index in [4.69, 9.17) is 19.3 Å². The Labute approximate surface area is 313 Å². The number of phosphoric acid groups is 1. The van der Waals surface area contributed by atoms with Gasteiger partial charge < -0.3 is 19.3 Å². The summed E-state index contributed by atoms with van der Waals surface area (Å²) in [6.45, 7) is 3.68. The highest BCUT2D eigenvalue weighted by molar-refractivity contribution is 7.46. The van der Waals surface area contributed by atoms with E-state index < -0.39 is 32.5 Å². The first-order valence-corrected chi connectivity index (χ1v) is 22.7. The summed E-state index contributed by atoms with van der Waals surface area (Å²) in [5.74, 6) is -0.894. The van der Waals surface area contributed by atoms with Crippen LogP contribution in [-0.4, -0.2) is 41.0 Å². The zero-order valence-corrected chi connectivity index (χ0v) is 33.9. The minimum Gasteiger partial charge on any atom is -0.462 e. The molecular weight excluding hydrogens is 663 g/mol. The van der Waals surface area contributed by atoms with E-state index in [1.54, 1.807) is 0 Å². The zero-order chi connectivity index (χ0) is 37.5. The molecule has 0 fully saturated rings. The first-order chi connectivity index (χ1) is 24.8. The molecule has 0 bridgehead atoms. The van der Waals surface area contributed by atoms with Crippen LogP contribution in [0.25, 0.3) is 0 Å². The van der Waals surface area contributed by atoms with Gasteiger partial charge in [-0.05, 0) is 64.2 Å². The number of unbranched alkanes of at least 4 members (excludes halogenated alkanes) is 25. The fourth-order valence-electron chi connectivity index (χ4n) is 6.01. The van der Waals surface area contributed by atoms with Crippen molar-refractivity contribution in [3.8, 4) is 0 Å². The molecule has 0 aliphatic carbocycles. The van der Waals surface area contributed by atoms with E-state index in [-0.39, 0.29) is 19.4 Å². The van der Waals surface area contributed by atoms with Gasteiger partial charge in [-0.15, -0.1) is 0 Å². The van der Waals surface area contributed by atoms with Crippen LogP contribution in [0.4, 0.5) is 0 Å².